The third-order valence-electron chi connectivity index (χ3n) is 10.3. The van der Waals surface area contributed by atoms with Crippen LogP contribution in [-0.4, -0.2) is 40.2 Å². The highest BCUT2D eigenvalue weighted by Gasteiger charge is 2.36. The molecular formula is C46H50Cl2N6O2. The van der Waals surface area contributed by atoms with E-state index in [2.05, 4.69) is 81.4 Å². The molecule has 7 rings (SSSR count). The summed E-state index contributed by atoms with van der Waals surface area (Å²) < 4.78 is 0. The van der Waals surface area contributed by atoms with Crippen molar-refractivity contribution >= 4 is 45.3 Å². The summed E-state index contributed by atoms with van der Waals surface area (Å²) in [6.45, 7) is 22.4. The fourth-order valence-electron chi connectivity index (χ4n) is 8.98. The van der Waals surface area contributed by atoms with Crippen molar-refractivity contribution in [2.24, 2.45) is 10.8 Å². The van der Waals surface area contributed by atoms with E-state index in [1.807, 2.05) is 36.4 Å². The maximum atomic E-state index is 12.0. The summed E-state index contributed by atoms with van der Waals surface area (Å²) >= 11 is 12.8. The minimum atomic E-state index is -0.379. The Bertz CT molecular complexity index is 2440. The molecule has 2 heterocycles. The van der Waals surface area contributed by atoms with Crippen LogP contribution in [0.25, 0.3) is 55.7 Å². The number of fused-ring (bicyclic) bond motifs is 2. The summed E-state index contributed by atoms with van der Waals surface area (Å²) in [6, 6.07) is 26.5. The predicted molar refractivity (Wildman–Crippen MR) is 230 cm³/mol. The number of aromatic nitrogens is 6. The molecule has 0 saturated carbocycles. The molecule has 0 unspecified atom stereocenters. The van der Waals surface area contributed by atoms with E-state index < -0.39 is 0 Å². The van der Waals surface area contributed by atoms with Crippen LogP contribution >= 0.6 is 23.2 Å². The molecule has 2 N–H and O–H groups in total. The number of hydrogen-bond acceptors (Lipinski definition) is 6. The van der Waals surface area contributed by atoms with Crippen molar-refractivity contribution < 1.29 is 10.2 Å². The van der Waals surface area contributed by atoms with Gasteiger partial charge in [-0.2, -0.15) is 0 Å². The quantitative estimate of drug-likeness (QED) is 0.159. The molecule has 56 heavy (non-hydrogen) atoms. The molecule has 0 aliphatic carbocycles. The molecule has 0 fully saturated rings. The lowest BCUT2D eigenvalue weighted by Gasteiger charge is -2.36. The number of phenolic OH excluding ortho intramolecular Hbond substituents is 2. The first-order valence-electron chi connectivity index (χ1n) is 19.0. The minimum absolute atomic E-state index is 0.0209. The van der Waals surface area contributed by atoms with E-state index in [-0.39, 0.29) is 33.2 Å². The molecular weight excluding hydrogens is 739 g/mol. The van der Waals surface area contributed by atoms with Gasteiger partial charge in [0, 0.05) is 21.2 Å². The second kappa shape index (κ2) is 13.9. The molecule has 290 valence electrons. The van der Waals surface area contributed by atoms with Crippen molar-refractivity contribution in [3.63, 3.8) is 0 Å². The summed E-state index contributed by atoms with van der Waals surface area (Å²) in [7, 11) is 0. The van der Waals surface area contributed by atoms with Gasteiger partial charge >= 0.3 is 0 Å². The number of nitrogens with zero attached hydrogens (tertiary/aromatic N) is 6. The first-order valence-corrected chi connectivity index (χ1v) is 19.8. The molecule has 0 atom stereocenters. The van der Waals surface area contributed by atoms with Crippen LogP contribution in [0.2, 0.25) is 10.0 Å². The zero-order valence-corrected chi connectivity index (χ0v) is 35.3. The summed E-state index contributed by atoms with van der Waals surface area (Å²) in [5, 5.41) is 44.6. The molecule has 0 amide bonds. The number of hydrogen-bond donors (Lipinski definition) is 2. The topological polar surface area (TPSA) is 102 Å². The Morgan fingerprint density at radius 2 is 0.839 bits per heavy atom. The average Bonchev–Trinajstić information content (AvgIpc) is 3.69. The molecule has 0 saturated heterocycles. The maximum Gasteiger partial charge on any atom is 0.143 e. The molecule has 0 bridgehead atoms. The zero-order chi connectivity index (χ0) is 40.5. The largest absolute Gasteiger partial charge is 0.506 e. The third-order valence-corrected chi connectivity index (χ3v) is 10.7. The van der Waals surface area contributed by atoms with Gasteiger partial charge in [0.25, 0.3) is 0 Å². The van der Waals surface area contributed by atoms with Crippen molar-refractivity contribution in [3.05, 3.63) is 106 Å². The Morgan fingerprint density at radius 1 is 0.482 bits per heavy atom. The average molecular weight is 790 g/mol. The standard InChI is InChI=1S/C46H50Cl2N6O2/c1-43(2,3)25-45(7,8)31-17-21-37(55)41(53-49-33-19-15-27(47)23-35(33)51-53)39(31)29-13-11-12-14-30(29)40-32(46(9,10)26-44(4,5)6)18-22-38(56)42(40)54-50-34-20-16-28(48)24-36(34)52-54/h11-24,55-56H,25-26H2,1-10H3. The maximum absolute atomic E-state index is 12.0. The van der Waals surface area contributed by atoms with E-state index in [1.54, 1.807) is 36.4 Å². The number of phenols is 2. The van der Waals surface area contributed by atoms with Gasteiger partial charge in [0.2, 0.25) is 0 Å². The lowest BCUT2D eigenvalue weighted by atomic mass is 9.68. The van der Waals surface area contributed by atoms with E-state index in [0.717, 1.165) is 46.2 Å². The Balaban J connectivity index is 1.62. The van der Waals surface area contributed by atoms with E-state index in [1.165, 1.54) is 9.59 Å². The van der Waals surface area contributed by atoms with Crippen molar-refractivity contribution in [1.29, 1.82) is 0 Å². The van der Waals surface area contributed by atoms with Gasteiger partial charge in [-0.1, -0.05) is 129 Å². The highest BCUT2D eigenvalue weighted by Crippen LogP contribution is 2.51. The van der Waals surface area contributed by atoms with Gasteiger partial charge in [0.05, 0.1) is 0 Å². The fourth-order valence-corrected chi connectivity index (χ4v) is 9.31. The first-order chi connectivity index (χ1) is 26.1. The molecule has 2 aromatic heterocycles. The van der Waals surface area contributed by atoms with Crippen LogP contribution in [0.1, 0.15) is 93.2 Å². The van der Waals surface area contributed by atoms with Crippen LogP contribution in [0, 0.1) is 10.8 Å². The summed E-state index contributed by atoms with van der Waals surface area (Å²) in [6.07, 6.45) is 1.69. The van der Waals surface area contributed by atoms with Gasteiger partial charge in [-0.25, -0.2) is 0 Å². The first kappa shape index (κ1) is 39.3. The fraction of sp³-hybridized carbons (Fsp3) is 0.348. The molecule has 0 radical (unpaired) electrons. The van der Waals surface area contributed by atoms with E-state index in [9.17, 15) is 10.2 Å². The second-order valence-electron chi connectivity index (χ2n) is 18.7. The monoisotopic (exact) mass is 788 g/mol. The number of benzene rings is 5. The van der Waals surface area contributed by atoms with Crippen LogP contribution in [0.4, 0.5) is 0 Å². The second-order valence-corrected chi connectivity index (χ2v) is 19.6. The lowest BCUT2D eigenvalue weighted by Crippen LogP contribution is -2.27. The molecule has 0 spiro atoms. The van der Waals surface area contributed by atoms with Gasteiger partial charge in [0.15, 0.2) is 0 Å². The Kier molecular flexibility index (Phi) is 9.78. The van der Waals surface area contributed by atoms with E-state index in [4.69, 9.17) is 43.6 Å². The molecule has 0 aliphatic rings. The van der Waals surface area contributed by atoms with Gasteiger partial charge < -0.3 is 10.2 Å². The Morgan fingerprint density at radius 3 is 1.20 bits per heavy atom. The SMILES string of the molecule is CC(C)(C)CC(C)(C)c1ccc(O)c(-n2nc3ccc(Cl)cc3n2)c1-c1ccccc1-c1c(C(C)(C)CC(C)(C)C)ccc(O)c1-n1nc2ccc(Cl)cc2n1. The molecule has 10 heteroatoms. The van der Waals surface area contributed by atoms with Crippen molar-refractivity contribution in [2.75, 3.05) is 0 Å². The van der Waals surface area contributed by atoms with Crippen molar-refractivity contribution in [3.8, 4) is 45.1 Å². The van der Waals surface area contributed by atoms with Crippen molar-refractivity contribution in [2.45, 2.75) is 92.9 Å². The Hall–Kier alpha value is -4.92. The van der Waals surface area contributed by atoms with Crippen LogP contribution in [0.15, 0.2) is 84.9 Å². The highest BCUT2D eigenvalue weighted by molar-refractivity contribution is 6.31. The highest BCUT2D eigenvalue weighted by atomic mass is 35.5. The zero-order valence-electron chi connectivity index (χ0n) is 33.8. The molecule has 8 nitrogen and oxygen atoms in total. The summed E-state index contributed by atoms with van der Waals surface area (Å²) in [5.74, 6) is 0.0515. The number of halogens is 2. The smallest absolute Gasteiger partial charge is 0.143 e. The van der Waals surface area contributed by atoms with Gasteiger partial charge in [-0.15, -0.1) is 30.0 Å². The molecule has 7 aromatic rings. The van der Waals surface area contributed by atoms with Crippen LogP contribution in [-0.2, 0) is 10.8 Å². The number of rotatable bonds is 8. The number of aromatic hydroxyl groups is 2. The van der Waals surface area contributed by atoms with Gasteiger partial charge in [0.1, 0.15) is 44.9 Å². The molecule has 0 aliphatic heterocycles. The lowest BCUT2D eigenvalue weighted by molar-refractivity contribution is 0.284. The van der Waals surface area contributed by atoms with Crippen molar-refractivity contribution in [1.82, 2.24) is 30.0 Å². The summed E-state index contributed by atoms with van der Waals surface area (Å²) in [4.78, 5) is 3.05. The van der Waals surface area contributed by atoms with Crippen LogP contribution in [0.5, 0.6) is 11.5 Å². The Labute approximate surface area is 339 Å². The van der Waals surface area contributed by atoms with Crippen LogP contribution < -0.4 is 0 Å². The molecule has 5 aromatic carbocycles. The van der Waals surface area contributed by atoms with Gasteiger partial charge in [-0.3, -0.25) is 0 Å². The third kappa shape index (κ3) is 7.61. The van der Waals surface area contributed by atoms with Gasteiger partial charge in [-0.05, 0) is 105 Å². The normalized spacial score (nSPS) is 12.9. The van der Waals surface area contributed by atoms with Crippen LogP contribution in [0.3, 0.4) is 0 Å². The predicted octanol–water partition coefficient (Wildman–Crippen LogP) is 12.6. The minimum Gasteiger partial charge on any atom is -0.506 e. The van der Waals surface area contributed by atoms with E-state index in [0.29, 0.717) is 43.5 Å². The summed E-state index contributed by atoms with van der Waals surface area (Å²) in [5.41, 5.74) is 7.83. The van der Waals surface area contributed by atoms with E-state index >= 15 is 0 Å².